The Bertz CT molecular complexity index is 468. The number of carbonyl (C=O) groups is 1. The topological polar surface area (TPSA) is 35.5 Å². The van der Waals surface area contributed by atoms with E-state index in [2.05, 4.69) is 67.7 Å². The fourth-order valence-electron chi connectivity index (χ4n) is 2.00. The second kappa shape index (κ2) is 6.58. The highest BCUT2D eigenvalue weighted by molar-refractivity contribution is 6.74. The average molecular weight is 357 g/mol. The maximum absolute atomic E-state index is 11.9. The fourth-order valence-corrected chi connectivity index (χ4v) is 4.60. The SMILES string of the molecule is CC(C)(C)[Si](C)(C)O[C@H]1C=CC(=O)C[C@H]1O[Si](C)(C)C(C)(C)C. The summed E-state index contributed by atoms with van der Waals surface area (Å²) in [6.45, 7) is 22.4. The Morgan fingerprint density at radius 3 is 1.78 bits per heavy atom. The van der Waals surface area contributed by atoms with Crippen LogP contribution < -0.4 is 0 Å². The summed E-state index contributed by atoms with van der Waals surface area (Å²) in [5.41, 5.74) is 0. The molecule has 0 spiro atoms. The van der Waals surface area contributed by atoms with Gasteiger partial charge in [-0.25, -0.2) is 0 Å². The van der Waals surface area contributed by atoms with E-state index >= 15 is 0 Å². The number of rotatable bonds is 4. The quantitative estimate of drug-likeness (QED) is 0.641. The fraction of sp³-hybridized carbons (Fsp3) is 0.833. The van der Waals surface area contributed by atoms with Gasteiger partial charge in [-0.15, -0.1) is 0 Å². The molecular weight excluding hydrogens is 320 g/mol. The molecule has 0 fully saturated rings. The van der Waals surface area contributed by atoms with Crippen LogP contribution >= 0.6 is 0 Å². The van der Waals surface area contributed by atoms with Crippen molar-refractivity contribution in [1.29, 1.82) is 0 Å². The largest absolute Gasteiger partial charge is 0.411 e. The summed E-state index contributed by atoms with van der Waals surface area (Å²) in [6, 6.07) is 0. The zero-order valence-electron chi connectivity index (χ0n) is 16.7. The Hall–Kier alpha value is -0.236. The Balaban J connectivity index is 3.00. The van der Waals surface area contributed by atoms with Crippen molar-refractivity contribution in [1.82, 2.24) is 0 Å². The maximum atomic E-state index is 11.9. The van der Waals surface area contributed by atoms with Gasteiger partial charge in [0, 0.05) is 6.42 Å². The van der Waals surface area contributed by atoms with E-state index in [1.165, 1.54) is 0 Å². The van der Waals surface area contributed by atoms with Gasteiger partial charge in [0.25, 0.3) is 0 Å². The van der Waals surface area contributed by atoms with Crippen LogP contribution in [0.4, 0.5) is 0 Å². The van der Waals surface area contributed by atoms with Gasteiger partial charge in [-0.1, -0.05) is 47.6 Å². The van der Waals surface area contributed by atoms with Crippen molar-refractivity contribution in [3.8, 4) is 0 Å². The van der Waals surface area contributed by atoms with Crippen molar-refractivity contribution in [2.45, 2.75) is 96.4 Å². The zero-order chi connectivity index (χ0) is 18.3. The monoisotopic (exact) mass is 356 g/mol. The Labute approximate surface area is 145 Å². The van der Waals surface area contributed by atoms with Crippen molar-refractivity contribution in [2.75, 3.05) is 0 Å². The van der Waals surface area contributed by atoms with Crippen molar-refractivity contribution in [3.63, 3.8) is 0 Å². The molecule has 134 valence electrons. The first-order valence-electron chi connectivity index (χ1n) is 8.63. The minimum absolute atomic E-state index is 0.109. The third-order valence-corrected chi connectivity index (χ3v) is 14.7. The molecule has 5 heteroatoms. The molecule has 0 saturated heterocycles. The van der Waals surface area contributed by atoms with E-state index in [9.17, 15) is 4.79 Å². The highest BCUT2D eigenvalue weighted by atomic mass is 28.4. The lowest BCUT2D eigenvalue weighted by Crippen LogP contribution is -2.52. The molecule has 1 aliphatic rings. The number of carbonyl (C=O) groups excluding carboxylic acids is 1. The van der Waals surface area contributed by atoms with Crippen LogP contribution in [0, 0.1) is 0 Å². The van der Waals surface area contributed by atoms with E-state index in [0.717, 1.165) is 0 Å². The molecule has 0 aromatic heterocycles. The second-order valence-corrected chi connectivity index (χ2v) is 19.3. The molecule has 0 unspecified atom stereocenters. The van der Waals surface area contributed by atoms with E-state index in [1.54, 1.807) is 6.08 Å². The Kier molecular flexibility index (Phi) is 5.95. The molecule has 0 radical (unpaired) electrons. The molecule has 0 aliphatic heterocycles. The first-order chi connectivity index (χ1) is 10.1. The maximum Gasteiger partial charge on any atom is 0.193 e. The highest BCUT2D eigenvalue weighted by Crippen LogP contribution is 2.41. The van der Waals surface area contributed by atoms with E-state index in [4.69, 9.17) is 8.85 Å². The molecule has 0 aromatic rings. The lowest BCUT2D eigenvalue weighted by molar-refractivity contribution is -0.118. The van der Waals surface area contributed by atoms with Crippen molar-refractivity contribution < 1.29 is 13.6 Å². The molecule has 0 N–H and O–H groups in total. The van der Waals surface area contributed by atoms with E-state index in [0.29, 0.717) is 6.42 Å². The molecule has 3 nitrogen and oxygen atoms in total. The summed E-state index contributed by atoms with van der Waals surface area (Å²) in [5, 5.41) is 0.266. The van der Waals surface area contributed by atoms with Gasteiger partial charge in [0.1, 0.15) is 0 Å². The third-order valence-electron chi connectivity index (χ3n) is 5.73. The lowest BCUT2D eigenvalue weighted by Gasteiger charge is -2.45. The molecule has 0 amide bonds. The smallest absolute Gasteiger partial charge is 0.193 e. The standard InChI is InChI=1S/C18H36O3Si2/c1-17(2,3)22(7,8)20-15-12-11-14(19)13-16(15)21-23(9,10)18(4,5)6/h11-12,15-16H,13H2,1-10H3/t15-,16+/m0/s1. The molecular formula is C18H36O3Si2. The van der Waals surface area contributed by atoms with Gasteiger partial charge in [-0.05, 0) is 42.3 Å². The molecule has 0 heterocycles. The Morgan fingerprint density at radius 2 is 1.35 bits per heavy atom. The minimum atomic E-state index is -1.94. The van der Waals surface area contributed by atoms with Gasteiger partial charge in [0.15, 0.2) is 22.4 Å². The van der Waals surface area contributed by atoms with Gasteiger partial charge in [0.2, 0.25) is 0 Å². The number of ketones is 1. The molecule has 0 saturated carbocycles. The van der Waals surface area contributed by atoms with Crippen LogP contribution in [0.3, 0.4) is 0 Å². The molecule has 1 aliphatic carbocycles. The van der Waals surface area contributed by atoms with E-state index in [-0.39, 0.29) is 28.1 Å². The molecule has 0 bridgehead atoms. The highest BCUT2D eigenvalue weighted by Gasteiger charge is 2.45. The molecule has 0 aromatic carbocycles. The van der Waals surface area contributed by atoms with E-state index < -0.39 is 16.6 Å². The van der Waals surface area contributed by atoms with Gasteiger partial charge < -0.3 is 8.85 Å². The number of hydrogen-bond donors (Lipinski definition) is 0. The Morgan fingerprint density at radius 1 is 0.913 bits per heavy atom. The summed E-state index contributed by atoms with van der Waals surface area (Å²) in [5.74, 6) is 0.142. The molecule has 2 atom stereocenters. The second-order valence-electron chi connectivity index (χ2n) is 9.79. The number of allylic oxidation sites excluding steroid dienone is 1. The first kappa shape index (κ1) is 20.8. The molecule has 1 rings (SSSR count). The van der Waals surface area contributed by atoms with Gasteiger partial charge in [0.05, 0.1) is 12.2 Å². The van der Waals surface area contributed by atoms with Crippen LogP contribution in [0.1, 0.15) is 48.0 Å². The third kappa shape index (κ3) is 5.12. The number of hydrogen-bond acceptors (Lipinski definition) is 3. The van der Waals surface area contributed by atoms with Crippen molar-refractivity contribution in [2.24, 2.45) is 0 Å². The van der Waals surface area contributed by atoms with Crippen LogP contribution in [0.2, 0.25) is 36.3 Å². The van der Waals surface area contributed by atoms with Gasteiger partial charge in [-0.2, -0.15) is 0 Å². The summed E-state index contributed by atoms with van der Waals surface area (Å²) in [6.07, 6.45) is 3.76. The van der Waals surface area contributed by atoms with Crippen LogP contribution in [0.25, 0.3) is 0 Å². The van der Waals surface area contributed by atoms with Crippen LogP contribution in [0.5, 0.6) is 0 Å². The van der Waals surface area contributed by atoms with Crippen molar-refractivity contribution >= 4 is 22.4 Å². The van der Waals surface area contributed by atoms with Crippen LogP contribution in [-0.4, -0.2) is 34.6 Å². The first-order valence-corrected chi connectivity index (χ1v) is 14.5. The van der Waals surface area contributed by atoms with Crippen molar-refractivity contribution in [3.05, 3.63) is 12.2 Å². The van der Waals surface area contributed by atoms with Crippen LogP contribution in [-0.2, 0) is 13.6 Å². The summed E-state index contributed by atoms with van der Waals surface area (Å²) in [7, 11) is -3.84. The lowest BCUT2D eigenvalue weighted by atomic mass is 10.0. The summed E-state index contributed by atoms with van der Waals surface area (Å²) < 4.78 is 13.1. The predicted octanol–water partition coefficient (Wildman–Crippen LogP) is 5.30. The van der Waals surface area contributed by atoms with Gasteiger partial charge >= 0.3 is 0 Å². The van der Waals surface area contributed by atoms with Crippen LogP contribution in [0.15, 0.2) is 12.2 Å². The van der Waals surface area contributed by atoms with Gasteiger partial charge in [-0.3, -0.25) is 4.79 Å². The average Bonchev–Trinajstić information content (AvgIpc) is 2.29. The summed E-state index contributed by atoms with van der Waals surface area (Å²) >= 11 is 0. The normalized spacial score (nSPS) is 24.2. The predicted molar refractivity (Wildman–Crippen MR) is 103 cm³/mol. The minimum Gasteiger partial charge on any atom is -0.411 e. The zero-order valence-corrected chi connectivity index (χ0v) is 18.7. The molecule has 23 heavy (non-hydrogen) atoms. The van der Waals surface area contributed by atoms with E-state index in [1.807, 2.05) is 6.08 Å². The summed E-state index contributed by atoms with van der Waals surface area (Å²) in [4.78, 5) is 11.9.